The third-order valence-corrected chi connectivity index (χ3v) is 4.15. The van der Waals surface area contributed by atoms with E-state index in [1.807, 2.05) is 0 Å². The van der Waals surface area contributed by atoms with E-state index in [0.29, 0.717) is 18.1 Å². The maximum Gasteiger partial charge on any atom is 0.416 e. The zero-order chi connectivity index (χ0) is 21.9. The Morgan fingerprint density at radius 2 is 1.87 bits per heavy atom. The highest BCUT2D eigenvalue weighted by molar-refractivity contribution is 6.06. The third-order valence-electron chi connectivity index (χ3n) is 4.15. The van der Waals surface area contributed by atoms with Crippen LogP contribution in [0.2, 0.25) is 0 Å². The Labute approximate surface area is 168 Å². The second-order valence-corrected chi connectivity index (χ2v) is 6.36. The molecule has 3 aromatic rings. The summed E-state index contributed by atoms with van der Waals surface area (Å²) < 4.78 is 58.8. The highest BCUT2D eigenvalue weighted by Gasteiger charge is 2.32. The van der Waals surface area contributed by atoms with Crippen LogP contribution in [0.1, 0.15) is 28.4 Å². The molecule has 0 saturated carbocycles. The van der Waals surface area contributed by atoms with Gasteiger partial charge in [-0.05, 0) is 48.4 Å². The lowest BCUT2D eigenvalue weighted by atomic mass is 10.1. The summed E-state index contributed by atoms with van der Waals surface area (Å²) in [5.41, 5.74) is -1.27. The Hall–Kier alpha value is -3.62. The molecule has 156 valence electrons. The molecule has 3 rings (SSSR count). The molecule has 0 aliphatic carbocycles. The molecule has 0 atom stereocenters. The van der Waals surface area contributed by atoms with E-state index in [1.54, 1.807) is 6.92 Å². The van der Waals surface area contributed by atoms with Crippen LogP contribution >= 0.6 is 0 Å². The minimum atomic E-state index is -4.69. The second-order valence-electron chi connectivity index (χ2n) is 6.36. The molecule has 30 heavy (non-hydrogen) atoms. The van der Waals surface area contributed by atoms with Crippen LogP contribution in [0.4, 0.5) is 23.2 Å². The molecule has 5 nitrogen and oxygen atoms in total. The Kier molecular flexibility index (Phi) is 5.91. The van der Waals surface area contributed by atoms with Crippen molar-refractivity contribution in [3.8, 4) is 11.5 Å². The van der Waals surface area contributed by atoms with E-state index in [2.05, 4.69) is 10.3 Å². The minimum absolute atomic E-state index is 0.0387. The van der Waals surface area contributed by atoms with Gasteiger partial charge in [0, 0.05) is 24.0 Å². The number of nitrogens with one attached hydrogen (secondary N) is 2. The number of halogens is 4. The molecule has 2 aromatic carbocycles. The number of anilines is 1. The van der Waals surface area contributed by atoms with Gasteiger partial charge >= 0.3 is 6.18 Å². The van der Waals surface area contributed by atoms with Crippen molar-refractivity contribution in [1.29, 1.82) is 0 Å². The van der Waals surface area contributed by atoms with Gasteiger partial charge in [-0.2, -0.15) is 13.2 Å². The van der Waals surface area contributed by atoms with E-state index >= 15 is 0 Å². The van der Waals surface area contributed by atoms with Gasteiger partial charge in [-0.1, -0.05) is 6.92 Å². The summed E-state index contributed by atoms with van der Waals surface area (Å²) >= 11 is 0. The molecule has 0 spiro atoms. The summed E-state index contributed by atoms with van der Waals surface area (Å²) in [5, 5.41) is 2.36. The number of amides is 1. The van der Waals surface area contributed by atoms with Gasteiger partial charge in [0.25, 0.3) is 5.91 Å². The Morgan fingerprint density at radius 3 is 2.53 bits per heavy atom. The van der Waals surface area contributed by atoms with Crippen LogP contribution in [-0.2, 0) is 12.6 Å². The van der Waals surface area contributed by atoms with Gasteiger partial charge < -0.3 is 15.0 Å². The molecule has 0 aliphatic rings. The standard InChI is InChI=1S/C21H16F4N2O3/c1-2-12-7-14(22)10-16(8-12)30-18-4-3-13(21(23,24)25)9-17(18)20(29)27-15-5-6-26-19(28)11-15/h3-11H,2H2,1H3,(H2,26,27,28,29). The molecule has 0 aliphatic heterocycles. The van der Waals surface area contributed by atoms with E-state index in [9.17, 15) is 27.2 Å². The summed E-state index contributed by atoms with van der Waals surface area (Å²) in [6.07, 6.45) is -2.90. The molecule has 1 amide bonds. The number of benzene rings is 2. The number of aromatic amines is 1. The molecule has 1 heterocycles. The number of rotatable bonds is 5. The normalized spacial score (nSPS) is 11.2. The lowest BCUT2D eigenvalue weighted by Gasteiger charge is -2.15. The number of hydrogen-bond donors (Lipinski definition) is 2. The number of aromatic nitrogens is 1. The van der Waals surface area contributed by atoms with Crippen LogP contribution in [0.25, 0.3) is 0 Å². The molecular weight excluding hydrogens is 404 g/mol. The first-order chi connectivity index (χ1) is 14.2. The van der Waals surface area contributed by atoms with Crippen LogP contribution in [0.3, 0.4) is 0 Å². The van der Waals surface area contributed by atoms with Crippen molar-refractivity contribution in [2.24, 2.45) is 0 Å². The molecule has 9 heteroatoms. The van der Waals surface area contributed by atoms with Gasteiger partial charge in [-0.15, -0.1) is 0 Å². The van der Waals surface area contributed by atoms with Crippen molar-refractivity contribution < 1.29 is 27.1 Å². The molecule has 2 N–H and O–H groups in total. The van der Waals surface area contributed by atoms with Crippen LogP contribution in [0.15, 0.2) is 59.5 Å². The first-order valence-corrected chi connectivity index (χ1v) is 8.84. The van der Waals surface area contributed by atoms with Crippen LogP contribution < -0.4 is 15.6 Å². The third kappa shape index (κ3) is 5.05. The Balaban J connectivity index is 2.01. The summed E-state index contributed by atoms with van der Waals surface area (Å²) in [6.45, 7) is 1.80. The zero-order valence-electron chi connectivity index (χ0n) is 15.6. The van der Waals surface area contributed by atoms with E-state index in [4.69, 9.17) is 4.74 Å². The van der Waals surface area contributed by atoms with Crippen molar-refractivity contribution >= 4 is 11.6 Å². The maximum atomic E-state index is 13.8. The van der Waals surface area contributed by atoms with E-state index in [1.165, 1.54) is 24.4 Å². The van der Waals surface area contributed by atoms with Gasteiger partial charge in [0.05, 0.1) is 11.1 Å². The highest BCUT2D eigenvalue weighted by Crippen LogP contribution is 2.35. The molecule has 1 aromatic heterocycles. The van der Waals surface area contributed by atoms with Crippen molar-refractivity contribution in [2.75, 3.05) is 5.32 Å². The smallest absolute Gasteiger partial charge is 0.416 e. The minimum Gasteiger partial charge on any atom is -0.456 e. The molecule has 0 fully saturated rings. The Morgan fingerprint density at radius 1 is 1.10 bits per heavy atom. The van der Waals surface area contributed by atoms with Crippen molar-refractivity contribution in [3.63, 3.8) is 0 Å². The van der Waals surface area contributed by atoms with Gasteiger partial charge in [0.2, 0.25) is 5.56 Å². The lowest BCUT2D eigenvalue weighted by Crippen LogP contribution is -2.16. The first kappa shape index (κ1) is 21.1. The van der Waals surface area contributed by atoms with Gasteiger partial charge in [-0.25, -0.2) is 4.39 Å². The fourth-order valence-corrected chi connectivity index (χ4v) is 2.70. The number of hydrogen-bond acceptors (Lipinski definition) is 3. The second kappa shape index (κ2) is 8.40. The summed E-state index contributed by atoms with van der Waals surface area (Å²) in [6, 6.07) is 8.73. The van der Waals surface area contributed by atoms with Crippen LogP contribution in [0, 0.1) is 5.82 Å². The van der Waals surface area contributed by atoms with Crippen molar-refractivity contribution in [1.82, 2.24) is 4.98 Å². The average molecular weight is 420 g/mol. The van der Waals surface area contributed by atoms with Crippen LogP contribution in [0.5, 0.6) is 11.5 Å². The quantitative estimate of drug-likeness (QED) is 0.562. The monoisotopic (exact) mass is 420 g/mol. The van der Waals surface area contributed by atoms with Crippen LogP contribution in [-0.4, -0.2) is 10.9 Å². The van der Waals surface area contributed by atoms with E-state index in [-0.39, 0.29) is 17.2 Å². The Bertz CT molecular complexity index is 1140. The van der Waals surface area contributed by atoms with Gasteiger partial charge in [-0.3, -0.25) is 9.59 Å². The SMILES string of the molecule is CCc1cc(F)cc(Oc2ccc(C(F)(F)F)cc2C(=O)Nc2cc[nH]c(=O)c2)c1. The highest BCUT2D eigenvalue weighted by atomic mass is 19.4. The molecule has 0 unspecified atom stereocenters. The summed E-state index contributed by atoms with van der Waals surface area (Å²) in [4.78, 5) is 26.4. The number of alkyl halides is 3. The van der Waals surface area contributed by atoms with Crippen molar-refractivity contribution in [3.05, 3.63) is 87.6 Å². The topological polar surface area (TPSA) is 71.2 Å². The number of aryl methyl sites for hydroxylation is 1. The number of ether oxygens (including phenoxy) is 1. The molecule has 0 bridgehead atoms. The summed E-state index contributed by atoms with van der Waals surface area (Å²) in [5.74, 6) is -1.66. The predicted molar refractivity (Wildman–Crippen MR) is 102 cm³/mol. The largest absolute Gasteiger partial charge is 0.456 e. The predicted octanol–water partition coefficient (Wildman–Crippen LogP) is 5.14. The molecular formula is C21H16F4N2O3. The number of H-pyrrole nitrogens is 1. The number of carbonyl (C=O) groups is 1. The van der Waals surface area contributed by atoms with Crippen molar-refractivity contribution in [2.45, 2.75) is 19.5 Å². The zero-order valence-corrected chi connectivity index (χ0v) is 15.6. The maximum absolute atomic E-state index is 13.8. The van der Waals surface area contributed by atoms with E-state index < -0.39 is 34.6 Å². The van der Waals surface area contributed by atoms with Gasteiger partial charge in [0.15, 0.2) is 0 Å². The molecule has 0 radical (unpaired) electrons. The van der Waals surface area contributed by atoms with E-state index in [0.717, 1.165) is 24.3 Å². The van der Waals surface area contributed by atoms with Gasteiger partial charge in [0.1, 0.15) is 17.3 Å². The first-order valence-electron chi connectivity index (χ1n) is 8.84. The fourth-order valence-electron chi connectivity index (χ4n) is 2.70. The average Bonchev–Trinajstić information content (AvgIpc) is 2.67. The molecule has 0 saturated heterocycles. The summed E-state index contributed by atoms with van der Waals surface area (Å²) in [7, 11) is 0. The number of carbonyl (C=O) groups excluding carboxylic acids is 1. The number of pyridine rings is 1. The lowest BCUT2D eigenvalue weighted by molar-refractivity contribution is -0.137. The fraction of sp³-hybridized carbons (Fsp3) is 0.143.